The zero-order valence-corrected chi connectivity index (χ0v) is 9.91. The molecule has 3 aliphatic rings. The number of aliphatic hydroxyl groups excluding tert-OH is 1. The summed E-state index contributed by atoms with van der Waals surface area (Å²) in [7, 11) is 0. The van der Waals surface area contributed by atoms with Gasteiger partial charge in [-0.05, 0) is 44.4 Å². The quantitative estimate of drug-likeness (QED) is 0.742. The fourth-order valence-corrected chi connectivity index (χ4v) is 4.10. The van der Waals surface area contributed by atoms with Gasteiger partial charge in [0.25, 0.3) is 0 Å². The van der Waals surface area contributed by atoms with E-state index in [4.69, 9.17) is 9.47 Å². The van der Waals surface area contributed by atoms with Crippen molar-refractivity contribution in [3.05, 3.63) is 0 Å². The minimum absolute atomic E-state index is 0.0377. The number of hydrogen-bond donors (Lipinski definition) is 1. The molecule has 0 amide bonds. The van der Waals surface area contributed by atoms with E-state index in [-0.39, 0.29) is 17.8 Å². The molecular weight excluding hydrogens is 204 g/mol. The van der Waals surface area contributed by atoms with Crippen molar-refractivity contribution in [2.75, 3.05) is 19.8 Å². The van der Waals surface area contributed by atoms with Crippen LogP contribution in [0, 0.1) is 5.92 Å². The Bertz CT molecular complexity index is 228. The van der Waals surface area contributed by atoms with Gasteiger partial charge in [-0.2, -0.15) is 0 Å². The van der Waals surface area contributed by atoms with E-state index in [0.717, 1.165) is 45.3 Å². The lowest BCUT2D eigenvalue weighted by Crippen LogP contribution is -2.49. The van der Waals surface area contributed by atoms with Gasteiger partial charge < -0.3 is 14.6 Å². The highest BCUT2D eigenvalue weighted by molar-refractivity contribution is 5.03. The van der Waals surface area contributed by atoms with Crippen molar-refractivity contribution in [3.8, 4) is 0 Å². The molecule has 92 valence electrons. The molecule has 2 saturated heterocycles. The van der Waals surface area contributed by atoms with Crippen LogP contribution in [0.4, 0.5) is 0 Å². The molecule has 2 heterocycles. The normalized spacial score (nSPS) is 48.2. The average Bonchev–Trinajstić information content (AvgIpc) is 2.89. The highest BCUT2D eigenvalue weighted by Gasteiger charge is 2.52. The highest BCUT2D eigenvalue weighted by Crippen LogP contribution is 2.50. The first kappa shape index (κ1) is 11.0. The van der Waals surface area contributed by atoms with E-state index >= 15 is 0 Å². The Labute approximate surface area is 97.1 Å². The van der Waals surface area contributed by atoms with Crippen molar-refractivity contribution < 1.29 is 14.6 Å². The molecule has 1 aliphatic carbocycles. The molecule has 3 nitrogen and oxygen atoms in total. The Balaban J connectivity index is 1.81. The molecule has 3 fully saturated rings. The first-order valence-electron chi connectivity index (χ1n) is 6.65. The van der Waals surface area contributed by atoms with Crippen LogP contribution < -0.4 is 0 Å². The van der Waals surface area contributed by atoms with Gasteiger partial charge in [0.15, 0.2) is 0 Å². The monoisotopic (exact) mass is 226 g/mol. The Morgan fingerprint density at radius 3 is 1.94 bits per heavy atom. The van der Waals surface area contributed by atoms with Gasteiger partial charge in [-0.1, -0.05) is 0 Å². The van der Waals surface area contributed by atoms with Crippen molar-refractivity contribution in [1.82, 2.24) is 0 Å². The van der Waals surface area contributed by atoms with E-state index in [1.807, 2.05) is 0 Å². The second kappa shape index (κ2) is 3.97. The lowest BCUT2D eigenvalue weighted by atomic mass is 9.68. The summed E-state index contributed by atoms with van der Waals surface area (Å²) in [6.45, 7) is 2.08. The van der Waals surface area contributed by atoms with Crippen LogP contribution in [0.2, 0.25) is 0 Å². The maximum absolute atomic E-state index is 9.47. The molecule has 3 rings (SSSR count). The molecule has 2 atom stereocenters. The first-order chi connectivity index (χ1) is 7.76. The number of ether oxygens (including phenoxy) is 2. The molecule has 0 unspecified atom stereocenters. The molecule has 0 radical (unpaired) electrons. The van der Waals surface area contributed by atoms with Crippen LogP contribution in [0.15, 0.2) is 0 Å². The van der Waals surface area contributed by atoms with Crippen molar-refractivity contribution in [1.29, 1.82) is 0 Å². The standard InChI is InChI=1S/C13H22O3/c14-9-11-7-12(3-1-5-15-12)10-13(8-11)4-2-6-16-13/h11,14H,1-10H2/t12-,13-/m1/s1. The molecule has 1 saturated carbocycles. The SMILES string of the molecule is OCC1C[C@]2(CCCO2)C[C@@]2(CCCO2)C1. The van der Waals surface area contributed by atoms with E-state index in [9.17, 15) is 5.11 Å². The fourth-order valence-electron chi connectivity index (χ4n) is 4.10. The third kappa shape index (κ3) is 1.79. The average molecular weight is 226 g/mol. The van der Waals surface area contributed by atoms with Gasteiger partial charge >= 0.3 is 0 Å². The van der Waals surface area contributed by atoms with Crippen LogP contribution in [-0.4, -0.2) is 36.1 Å². The molecule has 2 spiro atoms. The van der Waals surface area contributed by atoms with E-state index in [1.165, 1.54) is 12.8 Å². The molecule has 2 aliphatic heterocycles. The molecule has 0 bridgehead atoms. The summed E-state index contributed by atoms with van der Waals surface area (Å²) in [5.41, 5.74) is 0.0754. The van der Waals surface area contributed by atoms with Gasteiger partial charge in [0.1, 0.15) is 0 Å². The van der Waals surface area contributed by atoms with E-state index in [1.54, 1.807) is 0 Å². The van der Waals surface area contributed by atoms with Crippen LogP contribution in [0.5, 0.6) is 0 Å². The lowest BCUT2D eigenvalue weighted by Gasteiger charge is -2.46. The van der Waals surface area contributed by atoms with E-state index in [2.05, 4.69) is 0 Å². The number of rotatable bonds is 1. The predicted molar refractivity (Wildman–Crippen MR) is 60.3 cm³/mol. The maximum atomic E-state index is 9.47. The van der Waals surface area contributed by atoms with Crippen molar-refractivity contribution in [3.63, 3.8) is 0 Å². The van der Waals surface area contributed by atoms with Crippen LogP contribution in [-0.2, 0) is 9.47 Å². The van der Waals surface area contributed by atoms with Crippen LogP contribution >= 0.6 is 0 Å². The number of aliphatic hydroxyl groups is 1. The third-order valence-electron chi connectivity index (χ3n) is 4.59. The predicted octanol–water partition coefficient (Wildman–Crippen LogP) is 1.88. The minimum atomic E-state index is 0.0377. The zero-order chi connectivity index (χ0) is 11.1. The summed E-state index contributed by atoms with van der Waals surface area (Å²) in [5.74, 6) is 0.380. The summed E-state index contributed by atoms with van der Waals surface area (Å²) >= 11 is 0. The van der Waals surface area contributed by atoms with E-state index < -0.39 is 0 Å². The van der Waals surface area contributed by atoms with Gasteiger partial charge in [-0.25, -0.2) is 0 Å². The zero-order valence-electron chi connectivity index (χ0n) is 9.91. The third-order valence-corrected chi connectivity index (χ3v) is 4.59. The van der Waals surface area contributed by atoms with Gasteiger partial charge in [0.05, 0.1) is 11.2 Å². The van der Waals surface area contributed by atoms with Gasteiger partial charge in [-0.15, -0.1) is 0 Å². The Morgan fingerprint density at radius 2 is 1.56 bits per heavy atom. The second-order valence-electron chi connectivity index (χ2n) is 5.90. The first-order valence-corrected chi connectivity index (χ1v) is 6.65. The number of hydrogen-bond acceptors (Lipinski definition) is 3. The van der Waals surface area contributed by atoms with Gasteiger partial charge in [-0.3, -0.25) is 0 Å². The minimum Gasteiger partial charge on any atom is -0.396 e. The van der Waals surface area contributed by atoms with E-state index in [0.29, 0.717) is 5.92 Å². The largest absolute Gasteiger partial charge is 0.396 e. The highest BCUT2D eigenvalue weighted by atomic mass is 16.5. The summed E-state index contributed by atoms with van der Waals surface area (Å²) in [6.07, 6.45) is 7.81. The molecule has 0 aromatic carbocycles. The Hall–Kier alpha value is -0.120. The van der Waals surface area contributed by atoms with Crippen molar-refractivity contribution in [2.45, 2.75) is 56.1 Å². The molecule has 0 aromatic heterocycles. The summed E-state index contributed by atoms with van der Waals surface area (Å²) in [5, 5.41) is 9.47. The fraction of sp³-hybridized carbons (Fsp3) is 1.00. The summed E-state index contributed by atoms with van der Waals surface area (Å²) in [4.78, 5) is 0. The van der Waals surface area contributed by atoms with Crippen molar-refractivity contribution in [2.24, 2.45) is 5.92 Å². The molecule has 16 heavy (non-hydrogen) atoms. The molecule has 1 N–H and O–H groups in total. The second-order valence-corrected chi connectivity index (χ2v) is 5.90. The molecule has 3 heteroatoms. The van der Waals surface area contributed by atoms with Crippen molar-refractivity contribution >= 4 is 0 Å². The molecule has 0 aromatic rings. The Morgan fingerprint density at radius 1 is 1.00 bits per heavy atom. The summed E-state index contributed by atoms with van der Waals surface area (Å²) < 4.78 is 12.0. The lowest BCUT2D eigenvalue weighted by molar-refractivity contribution is -0.140. The van der Waals surface area contributed by atoms with Gasteiger partial charge in [0.2, 0.25) is 0 Å². The summed E-state index contributed by atoms with van der Waals surface area (Å²) in [6, 6.07) is 0. The maximum Gasteiger partial charge on any atom is 0.0714 e. The van der Waals surface area contributed by atoms with Crippen LogP contribution in [0.1, 0.15) is 44.9 Å². The van der Waals surface area contributed by atoms with Gasteiger partial charge in [0, 0.05) is 26.2 Å². The Kier molecular flexibility index (Phi) is 2.73. The van der Waals surface area contributed by atoms with Crippen LogP contribution in [0.3, 0.4) is 0 Å². The smallest absolute Gasteiger partial charge is 0.0714 e. The topological polar surface area (TPSA) is 38.7 Å². The van der Waals surface area contributed by atoms with Crippen LogP contribution in [0.25, 0.3) is 0 Å². The molecular formula is C13H22O3.